The van der Waals surface area contributed by atoms with Gasteiger partial charge in [-0.3, -0.25) is 4.79 Å². The number of aliphatic carboxylic acids is 1. The van der Waals surface area contributed by atoms with Gasteiger partial charge in [-0.25, -0.2) is 18.6 Å². The molecule has 30 heavy (non-hydrogen) atoms. The summed E-state index contributed by atoms with van der Waals surface area (Å²) < 4.78 is 31.9. The van der Waals surface area contributed by atoms with Crippen molar-refractivity contribution in [3.05, 3.63) is 59.7 Å². The number of sulfonamides is 1. The van der Waals surface area contributed by atoms with Crippen LogP contribution in [0.5, 0.6) is 5.75 Å². The van der Waals surface area contributed by atoms with Gasteiger partial charge in [-0.1, -0.05) is 18.2 Å². The molecule has 0 saturated carbocycles. The van der Waals surface area contributed by atoms with Crippen molar-refractivity contribution in [2.24, 2.45) is 5.10 Å². The number of nitrogens with one attached hydrogen (secondary N) is 1. The zero-order valence-corrected chi connectivity index (χ0v) is 16.8. The topological polar surface area (TPSA) is 125 Å². The molecule has 0 aliphatic carbocycles. The SMILES string of the molecule is O=C(O)COc1ccccc1C=NNC(=O)c1cccc(S(=O)(=O)N2CCCC2)c1. The number of hydrogen-bond donors (Lipinski definition) is 2. The summed E-state index contributed by atoms with van der Waals surface area (Å²) >= 11 is 0. The van der Waals surface area contributed by atoms with Gasteiger partial charge in [-0.2, -0.15) is 9.41 Å². The molecule has 1 aliphatic rings. The predicted octanol–water partition coefficient (Wildman–Crippen LogP) is 1.70. The van der Waals surface area contributed by atoms with Crippen molar-refractivity contribution in [2.45, 2.75) is 17.7 Å². The third kappa shape index (κ3) is 5.22. The third-order valence-electron chi connectivity index (χ3n) is 4.44. The van der Waals surface area contributed by atoms with Crippen LogP contribution in [0, 0.1) is 0 Å². The number of carboxylic acid groups (broad SMARTS) is 1. The quantitative estimate of drug-likeness (QED) is 0.484. The van der Waals surface area contributed by atoms with Crippen LogP contribution < -0.4 is 10.2 Å². The van der Waals surface area contributed by atoms with Gasteiger partial charge >= 0.3 is 5.97 Å². The number of hydrazone groups is 1. The summed E-state index contributed by atoms with van der Waals surface area (Å²) in [5.74, 6) is -1.39. The molecule has 1 aliphatic heterocycles. The molecule has 2 aromatic rings. The number of amides is 1. The summed E-state index contributed by atoms with van der Waals surface area (Å²) in [7, 11) is -3.63. The van der Waals surface area contributed by atoms with Gasteiger partial charge in [0.25, 0.3) is 5.91 Å². The number of rotatable bonds is 8. The second-order valence-corrected chi connectivity index (χ2v) is 8.50. The lowest BCUT2D eigenvalue weighted by molar-refractivity contribution is -0.139. The molecule has 1 amide bonds. The van der Waals surface area contributed by atoms with Gasteiger partial charge in [-0.15, -0.1) is 0 Å². The number of carbonyl (C=O) groups excluding carboxylic acids is 1. The van der Waals surface area contributed by atoms with Crippen LogP contribution in [0.1, 0.15) is 28.8 Å². The van der Waals surface area contributed by atoms with Gasteiger partial charge in [-0.05, 0) is 43.2 Å². The van der Waals surface area contributed by atoms with E-state index >= 15 is 0 Å². The summed E-state index contributed by atoms with van der Waals surface area (Å²) in [6.45, 7) is 0.453. The largest absolute Gasteiger partial charge is 0.481 e. The molecule has 2 aromatic carbocycles. The maximum absolute atomic E-state index is 12.7. The van der Waals surface area contributed by atoms with E-state index in [0.29, 0.717) is 24.4 Å². The molecule has 10 heteroatoms. The van der Waals surface area contributed by atoms with E-state index in [2.05, 4.69) is 10.5 Å². The smallest absolute Gasteiger partial charge is 0.341 e. The molecule has 1 heterocycles. The van der Waals surface area contributed by atoms with E-state index in [-0.39, 0.29) is 10.5 Å². The molecule has 1 saturated heterocycles. The van der Waals surface area contributed by atoms with Gasteiger partial charge in [0, 0.05) is 24.2 Å². The Balaban J connectivity index is 1.69. The predicted molar refractivity (Wildman–Crippen MR) is 109 cm³/mol. The highest BCUT2D eigenvalue weighted by Crippen LogP contribution is 2.21. The number of carboxylic acids is 1. The average molecular weight is 431 g/mol. The van der Waals surface area contributed by atoms with Crippen molar-refractivity contribution in [3.8, 4) is 5.75 Å². The van der Waals surface area contributed by atoms with Gasteiger partial charge in [0.15, 0.2) is 6.61 Å². The normalized spacial score (nSPS) is 14.7. The van der Waals surface area contributed by atoms with E-state index in [1.165, 1.54) is 34.8 Å². The Hall–Kier alpha value is -3.24. The minimum atomic E-state index is -3.63. The van der Waals surface area contributed by atoms with Crippen LogP contribution in [0.4, 0.5) is 0 Å². The Morgan fingerprint density at radius 1 is 1.13 bits per heavy atom. The fraction of sp³-hybridized carbons (Fsp3) is 0.250. The molecule has 0 radical (unpaired) electrons. The monoisotopic (exact) mass is 431 g/mol. The molecule has 1 fully saturated rings. The Morgan fingerprint density at radius 3 is 2.60 bits per heavy atom. The molecule has 3 rings (SSSR count). The van der Waals surface area contributed by atoms with E-state index in [4.69, 9.17) is 9.84 Å². The Labute approximate surface area is 174 Å². The van der Waals surface area contributed by atoms with E-state index in [0.717, 1.165) is 12.8 Å². The van der Waals surface area contributed by atoms with Crippen molar-refractivity contribution in [3.63, 3.8) is 0 Å². The van der Waals surface area contributed by atoms with Crippen molar-refractivity contribution in [1.82, 2.24) is 9.73 Å². The first kappa shape index (κ1) is 21.5. The van der Waals surface area contributed by atoms with E-state index in [9.17, 15) is 18.0 Å². The highest BCUT2D eigenvalue weighted by atomic mass is 32.2. The number of carbonyl (C=O) groups is 2. The van der Waals surface area contributed by atoms with Gasteiger partial charge in [0.2, 0.25) is 10.0 Å². The average Bonchev–Trinajstić information content (AvgIpc) is 3.29. The Morgan fingerprint density at radius 2 is 1.87 bits per heavy atom. The van der Waals surface area contributed by atoms with Crippen LogP contribution in [-0.2, 0) is 14.8 Å². The van der Waals surface area contributed by atoms with E-state index < -0.39 is 28.5 Å². The van der Waals surface area contributed by atoms with E-state index in [1.54, 1.807) is 24.3 Å². The van der Waals surface area contributed by atoms with Crippen molar-refractivity contribution in [1.29, 1.82) is 0 Å². The second kappa shape index (κ2) is 9.51. The zero-order chi connectivity index (χ0) is 21.6. The number of benzene rings is 2. The van der Waals surface area contributed by atoms with Crippen LogP contribution in [0.15, 0.2) is 58.5 Å². The lowest BCUT2D eigenvalue weighted by atomic mass is 10.2. The molecular formula is C20H21N3O6S. The fourth-order valence-corrected chi connectivity index (χ4v) is 4.52. The zero-order valence-electron chi connectivity index (χ0n) is 16.0. The Bertz CT molecular complexity index is 1060. The Kier molecular flexibility index (Phi) is 6.80. The molecule has 158 valence electrons. The minimum Gasteiger partial charge on any atom is -0.481 e. The van der Waals surface area contributed by atoms with Crippen LogP contribution in [0.3, 0.4) is 0 Å². The van der Waals surface area contributed by atoms with Crippen LogP contribution in [0.2, 0.25) is 0 Å². The third-order valence-corrected chi connectivity index (χ3v) is 6.33. The molecular weight excluding hydrogens is 410 g/mol. The minimum absolute atomic E-state index is 0.0634. The number of nitrogens with zero attached hydrogens (tertiary/aromatic N) is 2. The summed E-state index contributed by atoms with van der Waals surface area (Å²) in [5.41, 5.74) is 2.97. The van der Waals surface area contributed by atoms with Crippen molar-refractivity contribution < 1.29 is 27.9 Å². The molecule has 0 spiro atoms. The maximum atomic E-state index is 12.7. The first-order valence-electron chi connectivity index (χ1n) is 9.25. The summed E-state index contributed by atoms with van der Waals surface area (Å²) in [5, 5.41) is 12.6. The lowest BCUT2D eigenvalue weighted by Crippen LogP contribution is -2.28. The molecule has 9 nitrogen and oxygen atoms in total. The molecule has 0 bridgehead atoms. The summed E-state index contributed by atoms with van der Waals surface area (Å²) in [6.07, 6.45) is 2.97. The number of ether oxygens (including phenoxy) is 1. The van der Waals surface area contributed by atoms with Gasteiger partial charge in [0.05, 0.1) is 11.1 Å². The first-order chi connectivity index (χ1) is 14.4. The van der Waals surface area contributed by atoms with Gasteiger partial charge in [0.1, 0.15) is 5.75 Å². The fourth-order valence-electron chi connectivity index (χ4n) is 2.96. The maximum Gasteiger partial charge on any atom is 0.341 e. The summed E-state index contributed by atoms with van der Waals surface area (Å²) in [4.78, 5) is 23.1. The standard InChI is InChI=1S/C20H21N3O6S/c24-19(25)14-29-18-9-2-1-6-16(18)13-21-22-20(26)15-7-5-8-17(12-15)30(27,28)23-10-3-4-11-23/h1-2,5-9,12-13H,3-4,10-11,14H2,(H,22,26)(H,24,25). The highest BCUT2D eigenvalue weighted by Gasteiger charge is 2.27. The lowest BCUT2D eigenvalue weighted by Gasteiger charge is -2.15. The van der Waals surface area contributed by atoms with Crippen molar-refractivity contribution in [2.75, 3.05) is 19.7 Å². The number of hydrogen-bond acceptors (Lipinski definition) is 6. The summed E-state index contributed by atoms with van der Waals surface area (Å²) in [6, 6.07) is 12.4. The van der Waals surface area contributed by atoms with Crippen LogP contribution in [0.25, 0.3) is 0 Å². The molecule has 0 atom stereocenters. The van der Waals surface area contributed by atoms with E-state index in [1.807, 2.05) is 0 Å². The van der Waals surface area contributed by atoms with Crippen LogP contribution in [-0.4, -0.2) is 55.6 Å². The number of para-hydroxylation sites is 1. The molecule has 0 aromatic heterocycles. The second-order valence-electron chi connectivity index (χ2n) is 6.56. The van der Waals surface area contributed by atoms with Gasteiger partial charge < -0.3 is 9.84 Å². The van der Waals surface area contributed by atoms with Crippen LogP contribution >= 0.6 is 0 Å². The molecule has 0 unspecified atom stereocenters. The molecule has 2 N–H and O–H groups in total. The van der Waals surface area contributed by atoms with Crippen molar-refractivity contribution >= 4 is 28.1 Å². The first-order valence-corrected chi connectivity index (χ1v) is 10.7. The highest BCUT2D eigenvalue weighted by molar-refractivity contribution is 7.89.